The number of rotatable bonds is 3. The second-order valence-electron chi connectivity index (χ2n) is 5.13. The highest BCUT2D eigenvalue weighted by atomic mass is 16.5. The van der Waals surface area contributed by atoms with Crippen LogP contribution < -0.4 is 9.64 Å². The van der Waals surface area contributed by atoms with E-state index >= 15 is 0 Å². The van der Waals surface area contributed by atoms with Crippen LogP contribution in [0, 0.1) is 5.92 Å². The van der Waals surface area contributed by atoms with Crippen molar-refractivity contribution in [1.29, 1.82) is 0 Å². The lowest BCUT2D eigenvalue weighted by Gasteiger charge is -2.18. The zero-order valence-electron chi connectivity index (χ0n) is 11.4. The Morgan fingerprint density at radius 1 is 1.25 bits per heavy atom. The molecule has 5 heteroatoms. The predicted molar refractivity (Wildman–Crippen MR) is 72.6 cm³/mol. The first-order valence-corrected chi connectivity index (χ1v) is 6.83. The Morgan fingerprint density at radius 2 is 2.00 bits per heavy atom. The van der Waals surface area contributed by atoms with Crippen molar-refractivity contribution >= 4 is 17.5 Å². The summed E-state index contributed by atoms with van der Waals surface area (Å²) in [6, 6.07) is 6.95. The van der Waals surface area contributed by atoms with E-state index in [9.17, 15) is 9.59 Å². The number of methoxy groups -OCH3 is 1. The number of benzene rings is 1. The molecule has 5 nitrogen and oxygen atoms in total. The van der Waals surface area contributed by atoms with E-state index in [1.54, 1.807) is 31.4 Å². The summed E-state index contributed by atoms with van der Waals surface area (Å²) in [6.45, 7) is 0.686. The van der Waals surface area contributed by atoms with Crippen LogP contribution in [0.15, 0.2) is 24.3 Å². The smallest absolute Gasteiger partial charge is 0.240 e. The van der Waals surface area contributed by atoms with Crippen molar-refractivity contribution in [2.24, 2.45) is 5.92 Å². The number of imide groups is 1. The fourth-order valence-corrected chi connectivity index (χ4v) is 2.87. The van der Waals surface area contributed by atoms with E-state index in [1.807, 2.05) is 0 Å². The molecule has 2 atom stereocenters. The third kappa shape index (κ3) is 2.18. The van der Waals surface area contributed by atoms with Crippen LogP contribution in [0.2, 0.25) is 0 Å². The van der Waals surface area contributed by atoms with Gasteiger partial charge in [-0.25, -0.2) is 0 Å². The molecule has 0 unspecified atom stereocenters. The number of amides is 2. The van der Waals surface area contributed by atoms with Gasteiger partial charge >= 0.3 is 0 Å². The Morgan fingerprint density at radius 3 is 2.60 bits per heavy atom. The second kappa shape index (κ2) is 5.25. The van der Waals surface area contributed by atoms with Crippen molar-refractivity contribution < 1.29 is 19.1 Å². The summed E-state index contributed by atoms with van der Waals surface area (Å²) in [5.41, 5.74) is 0.598. The van der Waals surface area contributed by atoms with E-state index in [4.69, 9.17) is 9.47 Å². The molecule has 0 aliphatic carbocycles. The van der Waals surface area contributed by atoms with E-state index < -0.39 is 0 Å². The average molecular weight is 275 g/mol. The largest absolute Gasteiger partial charge is 0.497 e. The molecule has 0 radical (unpaired) electrons. The third-order valence-corrected chi connectivity index (χ3v) is 3.93. The monoisotopic (exact) mass is 275 g/mol. The van der Waals surface area contributed by atoms with Gasteiger partial charge in [0.15, 0.2) is 0 Å². The van der Waals surface area contributed by atoms with Crippen LogP contribution in [-0.2, 0) is 14.3 Å². The number of hydrogen-bond acceptors (Lipinski definition) is 4. The van der Waals surface area contributed by atoms with Gasteiger partial charge in [-0.2, -0.15) is 0 Å². The molecule has 0 saturated carbocycles. The van der Waals surface area contributed by atoms with E-state index in [-0.39, 0.29) is 30.3 Å². The Balaban J connectivity index is 1.82. The summed E-state index contributed by atoms with van der Waals surface area (Å²) < 4.78 is 10.6. The molecule has 1 aromatic carbocycles. The molecule has 3 rings (SSSR count). The van der Waals surface area contributed by atoms with Gasteiger partial charge in [-0.1, -0.05) is 0 Å². The van der Waals surface area contributed by atoms with Crippen LogP contribution in [0.25, 0.3) is 0 Å². The molecule has 0 aromatic heterocycles. The molecule has 2 aliphatic heterocycles. The lowest BCUT2D eigenvalue weighted by Crippen LogP contribution is -2.33. The van der Waals surface area contributed by atoms with Gasteiger partial charge in [0.05, 0.1) is 24.8 Å². The van der Waals surface area contributed by atoms with E-state index in [2.05, 4.69) is 0 Å². The van der Waals surface area contributed by atoms with Gasteiger partial charge in [-0.3, -0.25) is 14.5 Å². The fraction of sp³-hybridized carbons (Fsp3) is 0.467. The first kappa shape index (κ1) is 13.1. The number of hydrogen-bond donors (Lipinski definition) is 0. The van der Waals surface area contributed by atoms with E-state index in [0.717, 1.165) is 12.8 Å². The SMILES string of the molecule is COc1ccc(N2C(=O)C[C@H]([C@@H]3CCCO3)C2=O)cc1. The summed E-state index contributed by atoms with van der Waals surface area (Å²) in [6.07, 6.45) is 1.97. The minimum absolute atomic E-state index is 0.102. The van der Waals surface area contributed by atoms with Crippen molar-refractivity contribution in [3.05, 3.63) is 24.3 Å². The lowest BCUT2D eigenvalue weighted by molar-refractivity contribution is -0.124. The van der Waals surface area contributed by atoms with Crippen LogP contribution in [0.4, 0.5) is 5.69 Å². The maximum absolute atomic E-state index is 12.5. The summed E-state index contributed by atoms with van der Waals surface area (Å²) in [4.78, 5) is 25.8. The zero-order chi connectivity index (χ0) is 14.1. The number of ether oxygens (including phenoxy) is 2. The Labute approximate surface area is 117 Å². The average Bonchev–Trinajstić information content (AvgIpc) is 3.07. The normalized spacial score (nSPS) is 26.4. The Kier molecular flexibility index (Phi) is 3.44. The highest BCUT2D eigenvalue weighted by Crippen LogP contribution is 2.33. The van der Waals surface area contributed by atoms with Gasteiger partial charge in [0.25, 0.3) is 0 Å². The van der Waals surface area contributed by atoms with Gasteiger partial charge in [0, 0.05) is 13.0 Å². The van der Waals surface area contributed by atoms with Gasteiger partial charge < -0.3 is 9.47 Å². The summed E-state index contributed by atoms with van der Waals surface area (Å²) in [5, 5.41) is 0. The Bertz CT molecular complexity index is 519. The number of anilines is 1. The van der Waals surface area contributed by atoms with E-state index in [0.29, 0.717) is 18.0 Å². The van der Waals surface area contributed by atoms with Crippen LogP contribution in [0.1, 0.15) is 19.3 Å². The maximum Gasteiger partial charge on any atom is 0.240 e. The van der Waals surface area contributed by atoms with Crippen molar-refractivity contribution in [1.82, 2.24) is 0 Å². The number of carbonyl (C=O) groups excluding carboxylic acids is 2. The van der Waals surface area contributed by atoms with E-state index in [1.165, 1.54) is 4.90 Å². The maximum atomic E-state index is 12.5. The number of nitrogens with zero attached hydrogens (tertiary/aromatic N) is 1. The molecule has 20 heavy (non-hydrogen) atoms. The van der Waals surface area contributed by atoms with Crippen LogP contribution in [-0.4, -0.2) is 31.6 Å². The molecule has 0 bridgehead atoms. The van der Waals surface area contributed by atoms with Crippen molar-refractivity contribution in [2.45, 2.75) is 25.4 Å². The first-order valence-electron chi connectivity index (χ1n) is 6.83. The summed E-state index contributed by atoms with van der Waals surface area (Å²) in [5.74, 6) is 0.0726. The minimum Gasteiger partial charge on any atom is -0.497 e. The van der Waals surface area contributed by atoms with Gasteiger partial charge in [-0.05, 0) is 37.1 Å². The molecule has 106 valence electrons. The highest BCUT2D eigenvalue weighted by molar-refractivity contribution is 6.21. The van der Waals surface area contributed by atoms with Gasteiger partial charge in [0.2, 0.25) is 11.8 Å². The molecule has 2 amide bonds. The molecule has 2 saturated heterocycles. The van der Waals surface area contributed by atoms with Crippen LogP contribution >= 0.6 is 0 Å². The quantitative estimate of drug-likeness (QED) is 0.789. The Hall–Kier alpha value is -1.88. The zero-order valence-corrected chi connectivity index (χ0v) is 11.4. The van der Waals surface area contributed by atoms with Gasteiger partial charge in [-0.15, -0.1) is 0 Å². The second-order valence-corrected chi connectivity index (χ2v) is 5.13. The molecular weight excluding hydrogens is 258 g/mol. The third-order valence-electron chi connectivity index (χ3n) is 3.93. The van der Waals surface area contributed by atoms with Gasteiger partial charge in [0.1, 0.15) is 5.75 Å². The molecule has 1 aromatic rings. The molecule has 2 fully saturated rings. The molecule has 2 aliphatic rings. The molecule has 0 spiro atoms. The highest BCUT2D eigenvalue weighted by Gasteiger charge is 2.44. The topological polar surface area (TPSA) is 55.8 Å². The summed E-state index contributed by atoms with van der Waals surface area (Å²) >= 11 is 0. The van der Waals surface area contributed by atoms with Crippen LogP contribution in [0.3, 0.4) is 0 Å². The van der Waals surface area contributed by atoms with Crippen LogP contribution in [0.5, 0.6) is 5.75 Å². The lowest BCUT2D eigenvalue weighted by atomic mass is 9.98. The number of carbonyl (C=O) groups is 2. The first-order chi connectivity index (χ1) is 9.70. The van der Waals surface area contributed by atoms with Crippen molar-refractivity contribution in [3.8, 4) is 5.75 Å². The molecule has 2 heterocycles. The fourth-order valence-electron chi connectivity index (χ4n) is 2.87. The standard InChI is InChI=1S/C15H17NO4/c1-19-11-6-4-10(5-7-11)16-14(17)9-12(15(16)18)13-3-2-8-20-13/h4-7,12-13H,2-3,8-9H2,1H3/t12-,13+/m1/s1. The molecular formula is C15H17NO4. The molecule has 0 N–H and O–H groups in total. The van der Waals surface area contributed by atoms with Crippen molar-refractivity contribution in [2.75, 3.05) is 18.6 Å². The minimum atomic E-state index is -0.327. The summed E-state index contributed by atoms with van der Waals surface area (Å²) in [7, 11) is 1.58. The van der Waals surface area contributed by atoms with Crippen molar-refractivity contribution in [3.63, 3.8) is 0 Å². The predicted octanol–water partition coefficient (Wildman–Crippen LogP) is 1.75.